The van der Waals surface area contributed by atoms with Gasteiger partial charge in [0.1, 0.15) is 18.5 Å². The molecular weight excluding hydrogens is 302 g/mol. The number of amides is 1. The summed E-state index contributed by atoms with van der Waals surface area (Å²) in [5, 5.41) is 0. The molecule has 1 atom stereocenters. The Hall–Kier alpha value is -2.34. The summed E-state index contributed by atoms with van der Waals surface area (Å²) in [6.45, 7) is 1.69. The first kappa shape index (κ1) is 14.6. The molecular formula is C16H15NO4S. The molecule has 0 saturated heterocycles. The Balaban J connectivity index is 1.86. The highest BCUT2D eigenvalue weighted by atomic mass is 32.1. The first-order valence-electron chi connectivity index (χ1n) is 6.86. The van der Waals surface area contributed by atoms with Gasteiger partial charge in [-0.1, -0.05) is 12.1 Å². The maximum absolute atomic E-state index is 11.4. The van der Waals surface area contributed by atoms with Crippen LogP contribution in [-0.2, 0) is 11.2 Å². The summed E-state index contributed by atoms with van der Waals surface area (Å²) in [6, 6.07) is 9.66. The van der Waals surface area contributed by atoms with Gasteiger partial charge in [0.15, 0.2) is 5.78 Å². The van der Waals surface area contributed by atoms with Crippen molar-refractivity contribution in [3.63, 3.8) is 0 Å². The fourth-order valence-corrected chi connectivity index (χ4v) is 3.40. The number of para-hydroxylation sites is 1. The van der Waals surface area contributed by atoms with Crippen LogP contribution in [0.2, 0.25) is 0 Å². The van der Waals surface area contributed by atoms with Crippen LogP contribution < -0.4 is 10.5 Å². The van der Waals surface area contributed by atoms with Gasteiger partial charge in [-0.25, -0.2) is 4.79 Å². The van der Waals surface area contributed by atoms with Crippen LogP contribution in [0.4, 0.5) is 4.79 Å². The molecule has 5 nitrogen and oxygen atoms in total. The Morgan fingerprint density at radius 2 is 2.18 bits per heavy atom. The summed E-state index contributed by atoms with van der Waals surface area (Å²) >= 11 is 1.44. The number of hydrogen-bond acceptors (Lipinski definition) is 5. The molecule has 1 aromatic carbocycles. The van der Waals surface area contributed by atoms with Crippen molar-refractivity contribution in [1.29, 1.82) is 0 Å². The zero-order chi connectivity index (χ0) is 15.7. The molecule has 3 rings (SSSR count). The molecule has 2 N–H and O–H groups in total. The van der Waals surface area contributed by atoms with E-state index in [-0.39, 0.29) is 18.5 Å². The van der Waals surface area contributed by atoms with Crippen molar-refractivity contribution in [3.8, 4) is 16.2 Å². The molecule has 22 heavy (non-hydrogen) atoms. The predicted molar refractivity (Wildman–Crippen MR) is 83.4 cm³/mol. The van der Waals surface area contributed by atoms with Crippen LogP contribution in [0.5, 0.6) is 5.75 Å². The van der Waals surface area contributed by atoms with Gasteiger partial charge in [0.05, 0.1) is 4.88 Å². The van der Waals surface area contributed by atoms with Crippen LogP contribution in [0.25, 0.3) is 10.4 Å². The lowest BCUT2D eigenvalue weighted by atomic mass is 10.1. The molecule has 0 radical (unpaired) electrons. The molecule has 0 saturated carbocycles. The van der Waals surface area contributed by atoms with Gasteiger partial charge in [-0.15, -0.1) is 11.3 Å². The third-order valence-corrected chi connectivity index (χ3v) is 4.68. The molecule has 0 fully saturated rings. The Morgan fingerprint density at radius 3 is 2.86 bits per heavy atom. The number of Topliss-reactive ketones (excluding diaryl/α,β-unsaturated/α-hetero) is 1. The van der Waals surface area contributed by atoms with Crippen molar-refractivity contribution in [2.24, 2.45) is 5.73 Å². The minimum absolute atomic E-state index is 0.0532. The van der Waals surface area contributed by atoms with E-state index in [2.05, 4.69) is 0 Å². The smallest absolute Gasteiger partial charge is 0.404 e. The van der Waals surface area contributed by atoms with Gasteiger partial charge in [0, 0.05) is 16.9 Å². The summed E-state index contributed by atoms with van der Waals surface area (Å²) in [6.07, 6.45) is -0.360. The van der Waals surface area contributed by atoms with E-state index in [4.69, 9.17) is 15.2 Å². The summed E-state index contributed by atoms with van der Waals surface area (Å²) in [7, 11) is 0. The van der Waals surface area contributed by atoms with Gasteiger partial charge >= 0.3 is 6.09 Å². The lowest BCUT2D eigenvalue weighted by Gasteiger charge is -2.11. The highest BCUT2D eigenvalue weighted by Gasteiger charge is 2.27. The Morgan fingerprint density at radius 1 is 1.36 bits per heavy atom. The van der Waals surface area contributed by atoms with E-state index in [1.54, 1.807) is 6.92 Å². The molecule has 6 heteroatoms. The molecule has 1 amide bonds. The van der Waals surface area contributed by atoms with E-state index in [0.717, 1.165) is 26.6 Å². The van der Waals surface area contributed by atoms with Crippen molar-refractivity contribution < 1.29 is 19.1 Å². The topological polar surface area (TPSA) is 78.6 Å². The minimum atomic E-state index is -0.802. The van der Waals surface area contributed by atoms with Crippen LogP contribution >= 0.6 is 11.3 Å². The second-order valence-electron chi connectivity index (χ2n) is 5.09. The summed E-state index contributed by atoms with van der Waals surface area (Å²) in [4.78, 5) is 23.8. The number of fused-ring (bicyclic) bond motifs is 1. The number of thiophene rings is 1. The van der Waals surface area contributed by atoms with Crippen LogP contribution in [0.3, 0.4) is 0 Å². The van der Waals surface area contributed by atoms with Crippen LogP contribution in [0.1, 0.15) is 22.2 Å². The molecule has 1 aromatic heterocycles. The molecule has 0 bridgehead atoms. The average molecular weight is 317 g/mol. The van der Waals surface area contributed by atoms with Crippen molar-refractivity contribution in [2.45, 2.75) is 19.4 Å². The monoisotopic (exact) mass is 317 g/mol. The van der Waals surface area contributed by atoms with Gasteiger partial charge in [-0.05, 0) is 30.7 Å². The highest BCUT2D eigenvalue weighted by Crippen LogP contribution is 2.41. The Labute approximate surface area is 131 Å². The van der Waals surface area contributed by atoms with Gasteiger partial charge in [-0.2, -0.15) is 0 Å². The highest BCUT2D eigenvalue weighted by molar-refractivity contribution is 7.17. The lowest BCUT2D eigenvalue weighted by molar-refractivity contribution is 0.0991. The number of ketones is 1. The van der Waals surface area contributed by atoms with Crippen molar-refractivity contribution >= 4 is 23.2 Å². The third-order valence-electron chi connectivity index (χ3n) is 3.46. The van der Waals surface area contributed by atoms with E-state index in [0.29, 0.717) is 6.42 Å². The zero-order valence-electron chi connectivity index (χ0n) is 12.0. The maximum atomic E-state index is 11.4. The van der Waals surface area contributed by atoms with E-state index in [9.17, 15) is 9.59 Å². The number of rotatable bonds is 4. The molecule has 1 unspecified atom stereocenters. The SMILES string of the molecule is CC(=O)c1ccc(-c2cccc3c2OC(COC(N)=O)C3)s1. The van der Waals surface area contributed by atoms with Gasteiger partial charge in [-0.3, -0.25) is 4.79 Å². The Kier molecular flexibility index (Phi) is 3.85. The molecule has 1 aliphatic rings. The quantitative estimate of drug-likeness (QED) is 0.879. The normalized spacial score (nSPS) is 16.0. The number of carbonyl (C=O) groups is 2. The maximum Gasteiger partial charge on any atom is 0.404 e. The molecule has 2 aromatic rings. The summed E-state index contributed by atoms with van der Waals surface area (Å²) in [5.41, 5.74) is 7.00. The number of primary amides is 1. The zero-order valence-corrected chi connectivity index (χ0v) is 12.8. The van der Waals surface area contributed by atoms with E-state index < -0.39 is 6.09 Å². The van der Waals surface area contributed by atoms with E-state index in [1.807, 2.05) is 30.3 Å². The lowest BCUT2D eigenvalue weighted by Crippen LogP contribution is -2.25. The second kappa shape index (κ2) is 5.81. The van der Waals surface area contributed by atoms with Crippen LogP contribution in [0.15, 0.2) is 30.3 Å². The van der Waals surface area contributed by atoms with Gasteiger partial charge < -0.3 is 15.2 Å². The van der Waals surface area contributed by atoms with Crippen molar-refractivity contribution in [3.05, 3.63) is 40.8 Å². The first-order valence-corrected chi connectivity index (χ1v) is 7.68. The number of nitrogens with two attached hydrogens (primary N) is 1. The van der Waals surface area contributed by atoms with Crippen LogP contribution in [0, 0.1) is 0 Å². The molecule has 114 valence electrons. The molecule has 0 aliphatic carbocycles. The molecule has 1 aliphatic heterocycles. The standard InChI is InChI=1S/C16H15NO4S/c1-9(18)13-5-6-14(22-13)12-4-2-3-10-7-11(21-15(10)12)8-20-16(17)19/h2-6,11H,7-8H2,1H3,(H2,17,19). The van der Waals surface area contributed by atoms with Gasteiger partial charge in [0.2, 0.25) is 0 Å². The average Bonchev–Trinajstić information content (AvgIpc) is 3.11. The predicted octanol–water partition coefficient (Wildman–Crippen LogP) is 3.02. The van der Waals surface area contributed by atoms with Gasteiger partial charge in [0.25, 0.3) is 0 Å². The largest absolute Gasteiger partial charge is 0.486 e. The first-order chi connectivity index (χ1) is 10.5. The van der Waals surface area contributed by atoms with E-state index >= 15 is 0 Å². The van der Waals surface area contributed by atoms with Crippen molar-refractivity contribution in [2.75, 3.05) is 6.61 Å². The number of carbonyl (C=O) groups excluding carboxylic acids is 2. The fourth-order valence-electron chi connectivity index (χ4n) is 2.47. The summed E-state index contributed by atoms with van der Waals surface area (Å²) < 4.78 is 10.7. The van der Waals surface area contributed by atoms with Crippen molar-refractivity contribution in [1.82, 2.24) is 0 Å². The fraction of sp³-hybridized carbons (Fsp3) is 0.250. The summed E-state index contributed by atoms with van der Waals surface area (Å²) in [5.74, 6) is 0.843. The number of benzene rings is 1. The van der Waals surface area contributed by atoms with E-state index in [1.165, 1.54) is 11.3 Å². The Bertz CT molecular complexity index is 737. The third kappa shape index (κ3) is 2.82. The number of hydrogen-bond donors (Lipinski definition) is 1. The minimum Gasteiger partial charge on any atom is -0.486 e. The number of ether oxygens (including phenoxy) is 2. The van der Waals surface area contributed by atoms with Crippen LogP contribution in [-0.4, -0.2) is 24.6 Å². The molecule has 2 heterocycles. The second-order valence-corrected chi connectivity index (χ2v) is 6.17. The molecule has 0 spiro atoms.